The van der Waals surface area contributed by atoms with E-state index in [2.05, 4.69) is 127 Å². The maximum Gasteiger partial charge on any atom is -0.0111 e. The van der Waals surface area contributed by atoms with Crippen molar-refractivity contribution >= 4 is 36.5 Å². The van der Waals surface area contributed by atoms with Crippen molar-refractivity contribution in [2.45, 2.75) is 0 Å². The largest absolute Gasteiger partial charge is 0.0622 e. The molecule has 0 saturated heterocycles. The molecule has 0 spiro atoms. The molecule has 0 N–H and O–H groups in total. The molecule has 4 aromatic carbocycles. The lowest BCUT2D eigenvalue weighted by Gasteiger charge is -2.07. The summed E-state index contributed by atoms with van der Waals surface area (Å²) in [7, 11) is 0. The average Bonchev–Trinajstić information content (AvgIpc) is 2.82. The minimum absolute atomic E-state index is 1.19. The van der Waals surface area contributed by atoms with E-state index >= 15 is 0 Å². The fourth-order valence-electron chi connectivity index (χ4n) is 3.33. The third kappa shape index (κ3) is 5.33. The zero-order chi connectivity index (χ0) is 20.4. The molecule has 0 nitrogen and oxygen atoms in total. The van der Waals surface area contributed by atoms with E-state index in [-0.39, 0.29) is 0 Å². The molecular formula is C30H24. The maximum absolute atomic E-state index is 2.21. The summed E-state index contributed by atoms with van der Waals surface area (Å²) in [6.45, 7) is 0. The summed E-state index contributed by atoms with van der Waals surface area (Å²) in [6, 6.07) is 37.7. The van der Waals surface area contributed by atoms with Gasteiger partial charge in [-0.1, -0.05) is 146 Å². The van der Waals surface area contributed by atoms with Gasteiger partial charge in [0, 0.05) is 0 Å². The lowest BCUT2D eigenvalue weighted by molar-refractivity contribution is 1.57. The van der Waals surface area contributed by atoms with E-state index in [1.54, 1.807) is 0 Å². The van der Waals surface area contributed by atoms with Gasteiger partial charge in [0.25, 0.3) is 0 Å². The zero-order valence-corrected chi connectivity index (χ0v) is 16.9. The molecule has 0 fully saturated rings. The normalized spacial score (nSPS) is 11.6. The summed E-state index contributed by atoms with van der Waals surface area (Å²) in [5.41, 5.74) is 7.18. The van der Waals surface area contributed by atoms with Gasteiger partial charge >= 0.3 is 0 Å². The quantitative estimate of drug-likeness (QED) is 0.294. The van der Waals surface area contributed by atoms with E-state index < -0.39 is 0 Å². The summed E-state index contributed by atoms with van der Waals surface area (Å²) in [4.78, 5) is 0. The summed E-state index contributed by atoms with van der Waals surface area (Å²) in [5, 5.41) is 0. The highest BCUT2D eigenvalue weighted by Crippen LogP contribution is 2.23. The Kier molecular flexibility index (Phi) is 6.50. The molecular weight excluding hydrogens is 360 g/mol. The van der Waals surface area contributed by atoms with Gasteiger partial charge in [-0.15, -0.1) is 0 Å². The van der Waals surface area contributed by atoms with Crippen molar-refractivity contribution in [1.29, 1.82) is 0 Å². The van der Waals surface area contributed by atoms with Crippen LogP contribution in [0, 0.1) is 0 Å². The number of benzene rings is 4. The van der Waals surface area contributed by atoms with Crippen LogP contribution in [0.3, 0.4) is 0 Å². The first-order valence-corrected chi connectivity index (χ1v) is 10.2. The first-order chi connectivity index (χ1) is 14.9. The summed E-state index contributed by atoms with van der Waals surface area (Å²) >= 11 is 0. The second-order valence-electron chi connectivity index (χ2n) is 7.08. The van der Waals surface area contributed by atoms with Crippen LogP contribution < -0.4 is 0 Å². The molecule has 0 aromatic heterocycles. The van der Waals surface area contributed by atoms with Gasteiger partial charge in [0.2, 0.25) is 0 Å². The van der Waals surface area contributed by atoms with Crippen LogP contribution in [-0.4, -0.2) is 0 Å². The highest BCUT2D eigenvalue weighted by atomic mass is 14.1. The van der Waals surface area contributed by atoms with Crippen LogP contribution >= 0.6 is 0 Å². The molecule has 0 atom stereocenters. The fourth-order valence-corrected chi connectivity index (χ4v) is 3.33. The minimum Gasteiger partial charge on any atom is -0.0622 e. The molecule has 0 radical (unpaired) electrons. The van der Waals surface area contributed by atoms with E-state index in [0.717, 1.165) is 0 Å². The van der Waals surface area contributed by atoms with Gasteiger partial charge in [-0.05, 0) is 33.4 Å². The van der Waals surface area contributed by atoms with Gasteiger partial charge in [0.05, 0.1) is 0 Å². The Hall–Kier alpha value is -3.90. The summed E-state index contributed by atoms with van der Waals surface area (Å²) < 4.78 is 0. The van der Waals surface area contributed by atoms with E-state index in [1.165, 1.54) is 33.4 Å². The van der Waals surface area contributed by atoms with Gasteiger partial charge in [-0.25, -0.2) is 0 Å². The van der Waals surface area contributed by atoms with E-state index in [4.69, 9.17) is 0 Å². The second kappa shape index (κ2) is 10.0. The van der Waals surface area contributed by atoms with E-state index in [1.807, 2.05) is 18.2 Å². The molecule has 0 heterocycles. The van der Waals surface area contributed by atoms with Crippen LogP contribution in [-0.2, 0) is 0 Å². The maximum atomic E-state index is 2.21. The SMILES string of the molecule is C(=C\c1cccc(/C=C/c2ccccc2)c1/C=C/c1ccccc1)/c1ccccc1. The number of rotatable bonds is 6. The van der Waals surface area contributed by atoms with Gasteiger partial charge in [0.15, 0.2) is 0 Å². The standard InChI is InChI=1S/C30H24/c1-4-11-25(12-5-1)19-22-28-17-10-18-29(23-20-26-13-6-2-7-14-26)30(28)24-21-27-15-8-3-9-16-27/h1-24H/b22-19+,23-20+,24-21+. The fraction of sp³-hybridized carbons (Fsp3) is 0. The Morgan fingerprint density at radius 1 is 0.300 bits per heavy atom. The second-order valence-corrected chi connectivity index (χ2v) is 7.08. The molecule has 4 aromatic rings. The number of hydrogen-bond acceptors (Lipinski definition) is 0. The lowest BCUT2D eigenvalue weighted by Crippen LogP contribution is -1.86. The minimum atomic E-state index is 1.19. The third-order valence-electron chi connectivity index (χ3n) is 4.93. The Bertz CT molecular complexity index is 1080. The monoisotopic (exact) mass is 384 g/mol. The molecule has 0 amide bonds. The summed E-state index contributed by atoms with van der Waals surface area (Å²) in [6.07, 6.45) is 13.1. The molecule has 4 rings (SSSR count). The van der Waals surface area contributed by atoms with Gasteiger partial charge < -0.3 is 0 Å². The summed E-state index contributed by atoms with van der Waals surface area (Å²) in [5.74, 6) is 0. The highest BCUT2D eigenvalue weighted by Gasteiger charge is 2.02. The molecule has 144 valence electrons. The van der Waals surface area contributed by atoms with Crippen molar-refractivity contribution in [3.8, 4) is 0 Å². The number of hydrogen-bond donors (Lipinski definition) is 0. The third-order valence-corrected chi connectivity index (χ3v) is 4.93. The highest BCUT2D eigenvalue weighted by molar-refractivity contribution is 5.85. The van der Waals surface area contributed by atoms with Crippen LogP contribution in [0.2, 0.25) is 0 Å². The Morgan fingerprint density at radius 3 is 1.07 bits per heavy atom. The van der Waals surface area contributed by atoms with Gasteiger partial charge in [-0.3, -0.25) is 0 Å². The molecule has 0 aliphatic rings. The predicted molar refractivity (Wildman–Crippen MR) is 133 cm³/mol. The van der Waals surface area contributed by atoms with Crippen molar-refractivity contribution < 1.29 is 0 Å². The first-order valence-electron chi connectivity index (χ1n) is 10.2. The Morgan fingerprint density at radius 2 is 0.667 bits per heavy atom. The van der Waals surface area contributed by atoms with Crippen molar-refractivity contribution in [2.24, 2.45) is 0 Å². The molecule has 0 heteroatoms. The van der Waals surface area contributed by atoms with Crippen molar-refractivity contribution in [2.75, 3.05) is 0 Å². The van der Waals surface area contributed by atoms with Crippen molar-refractivity contribution in [3.05, 3.63) is 143 Å². The first kappa shape index (κ1) is 19.4. The van der Waals surface area contributed by atoms with Gasteiger partial charge in [0.1, 0.15) is 0 Å². The molecule has 0 unspecified atom stereocenters. The Balaban J connectivity index is 1.72. The molecule has 0 aliphatic carbocycles. The van der Waals surface area contributed by atoms with E-state index in [9.17, 15) is 0 Å². The molecule has 0 bridgehead atoms. The van der Waals surface area contributed by atoms with Crippen LogP contribution in [0.25, 0.3) is 36.5 Å². The van der Waals surface area contributed by atoms with Crippen LogP contribution in [0.1, 0.15) is 33.4 Å². The molecule has 0 saturated carbocycles. The molecule has 30 heavy (non-hydrogen) atoms. The van der Waals surface area contributed by atoms with E-state index in [0.29, 0.717) is 0 Å². The lowest BCUT2D eigenvalue weighted by atomic mass is 9.97. The van der Waals surface area contributed by atoms with Crippen LogP contribution in [0.5, 0.6) is 0 Å². The van der Waals surface area contributed by atoms with Gasteiger partial charge in [-0.2, -0.15) is 0 Å². The smallest absolute Gasteiger partial charge is 0.0111 e. The molecule has 0 aliphatic heterocycles. The zero-order valence-electron chi connectivity index (χ0n) is 16.9. The van der Waals surface area contributed by atoms with Crippen LogP contribution in [0.15, 0.2) is 109 Å². The topological polar surface area (TPSA) is 0 Å². The van der Waals surface area contributed by atoms with Crippen molar-refractivity contribution in [1.82, 2.24) is 0 Å². The van der Waals surface area contributed by atoms with Crippen molar-refractivity contribution in [3.63, 3.8) is 0 Å². The Labute approximate surface area is 179 Å². The van der Waals surface area contributed by atoms with Crippen LogP contribution in [0.4, 0.5) is 0 Å². The average molecular weight is 385 g/mol. The predicted octanol–water partition coefficient (Wildman–Crippen LogP) is 8.20.